The molecule has 8 heteroatoms. The highest BCUT2D eigenvalue weighted by Gasteiger charge is 2.42. The second-order valence-corrected chi connectivity index (χ2v) is 6.34. The first-order valence-electron chi connectivity index (χ1n) is 9.04. The van der Waals surface area contributed by atoms with Crippen molar-refractivity contribution in [3.63, 3.8) is 0 Å². The minimum Gasteiger partial charge on any atom is -0.486 e. The summed E-state index contributed by atoms with van der Waals surface area (Å²) in [6.45, 7) is 0.424. The molecule has 158 valence electrons. The molecule has 0 unspecified atom stereocenters. The first-order chi connectivity index (χ1) is 13.8. The minimum absolute atomic E-state index is 0.110. The molecule has 1 atom stereocenters. The fourth-order valence-corrected chi connectivity index (χ4v) is 2.54. The van der Waals surface area contributed by atoms with E-state index >= 15 is 0 Å². The number of rotatable bonds is 10. The van der Waals surface area contributed by atoms with E-state index in [1.807, 2.05) is 6.07 Å². The molecular formula is C21H22F4O4. The van der Waals surface area contributed by atoms with Crippen molar-refractivity contribution in [2.24, 2.45) is 0 Å². The molecule has 2 aromatic carbocycles. The normalized spacial score (nSPS) is 12.4. The molecule has 2 aromatic rings. The van der Waals surface area contributed by atoms with Crippen LogP contribution < -0.4 is 4.74 Å². The average molecular weight is 414 g/mol. The van der Waals surface area contributed by atoms with Crippen LogP contribution in [0.2, 0.25) is 0 Å². The van der Waals surface area contributed by atoms with Crippen molar-refractivity contribution in [1.82, 2.24) is 0 Å². The Morgan fingerprint density at radius 2 is 1.79 bits per heavy atom. The molecule has 29 heavy (non-hydrogen) atoms. The molecule has 0 bridgehead atoms. The lowest BCUT2D eigenvalue weighted by Gasteiger charge is -2.20. The quantitative estimate of drug-likeness (QED) is 0.300. The average Bonchev–Trinajstić information content (AvgIpc) is 2.69. The van der Waals surface area contributed by atoms with Crippen LogP contribution in [0.5, 0.6) is 5.75 Å². The highest BCUT2D eigenvalue weighted by Crippen LogP contribution is 2.28. The first-order valence-corrected chi connectivity index (χ1v) is 9.04. The van der Waals surface area contributed by atoms with Crippen molar-refractivity contribution in [1.29, 1.82) is 0 Å². The molecule has 0 aliphatic carbocycles. The Labute approximate surface area is 166 Å². The molecule has 0 fully saturated rings. The Kier molecular flexibility index (Phi) is 8.45. The van der Waals surface area contributed by atoms with Gasteiger partial charge in [0.05, 0.1) is 5.56 Å². The SMILES string of the molecule is COCCCC[C@@H](OC(=O)c1ccc(OCc2ccccc2)c(F)c1)C(F)(F)F. The number of hydrogen-bond donors (Lipinski definition) is 0. The van der Waals surface area contributed by atoms with Crippen LogP contribution in [0.1, 0.15) is 35.2 Å². The Morgan fingerprint density at radius 3 is 2.41 bits per heavy atom. The number of halogens is 4. The van der Waals surface area contributed by atoms with Gasteiger partial charge in [0.2, 0.25) is 0 Å². The van der Waals surface area contributed by atoms with Crippen molar-refractivity contribution >= 4 is 5.97 Å². The summed E-state index contributed by atoms with van der Waals surface area (Å²) < 4.78 is 68.3. The predicted molar refractivity (Wildman–Crippen MR) is 98.2 cm³/mol. The molecule has 0 heterocycles. The van der Waals surface area contributed by atoms with Gasteiger partial charge >= 0.3 is 12.1 Å². The molecule has 0 aromatic heterocycles. The molecule has 0 saturated carbocycles. The molecule has 0 aliphatic heterocycles. The van der Waals surface area contributed by atoms with E-state index < -0.39 is 24.1 Å². The molecular weight excluding hydrogens is 392 g/mol. The summed E-state index contributed by atoms with van der Waals surface area (Å²) in [5.74, 6) is -2.22. The smallest absolute Gasteiger partial charge is 0.425 e. The predicted octanol–water partition coefficient (Wildman–Crippen LogP) is 5.31. The number of ether oxygens (including phenoxy) is 3. The van der Waals surface area contributed by atoms with Crippen LogP contribution in [0.3, 0.4) is 0 Å². The fraction of sp³-hybridized carbons (Fsp3) is 0.381. The number of alkyl halides is 3. The van der Waals surface area contributed by atoms with Gasteiger partial charge in [-0.1, -0.05) is 30.3 Å². The molecule has 0 N–H and O–H groups in total. The minimum atomic E-state index is -4.71. The fourth-order valence-electron chi connectivity index (χ4n) is 2.54. The summed E-state index contributed by atoms with van der Waals surface area (Å²) in [6.07, 6.45) is -6.78. The summed E-state index contributed by atoms with van der Waals surface area (Å²) in [5, 5.41) is 0. The van der Waals surface area contributed by atoms with E-state index in [4.69, 9.17) is 9.47 Å². The van der Waals surface area contributed by atoms with E-state index in [0.29, 0.717) is 13.0 Å². The van der Waals surface area contributed by atoms with Crippen molar-refractivity contribution < 1.29 is 36.6 Å². The lowest BCUT2D eigenvalue weighted by Crippen LogP contribution is -2.34. The summed E-state index contributed by atoms with van der Waals surface area (Å²) in [6, 6.07) is 12.2. The van der Waals surface area contributed by atoms with E-state index in [2.05, 4.69) is 4.74 Å². The van der Waals surface area contributed by atoms with Crippen molar-refractivity contribution in [2.45, 2.75) is 38.1 Å². The molecule has 0 aliphatic rings. The van der Waals surface area contributed by atoms with Gasteiger partial charge in [0.1, 0.15) is 6.61 Å². The van der Waals surface area contributed by atoms with Crippen LogP contribution in [0.25, 0.3) is 0 Å². The van der Waals surface area contributed by atoms with Gasteiger partial charge in [0.25, 0.3) is 0 Å². The van der Waals surface area contributed by atoms with Crippen molar-refractivity contribution in [3.05, 3.63) is 65.5 Å². The van der Waals surface area contributed by atoms with Crippen LogP contribution in [0.4, 0.5) is 17.6 Å². The Morgan fingerprint density at radius 1 is 1.07 bits per heavy atom. The lowest BCUT2D eigenvalue weighted by atomic mass is 10.1. The molecule has 0 amide bonds. The van der Waals surface area contributed by atoms with E-state index in [1.54, 1.807) is 24.3 Å². The maximum Gasteiger partial charge on any atom is 0.425 e. The lowest BCUT2D eigenvalue weighted by molar-refractivity contribution is -0.206. The standard InChI is InChI=1S/C21H22F4O4/c1-27-12-6-5-9-19(21(23,24)25)29-20(26)16-10-11-18(17(22)13-16)28-14-15-7-3-2-4-8-15/h2-4,7-8,10-11,13,19H,5-6,9,12,14H2,1H3/t19-/m1/s1. The number of carbonyl (C=O) groups is 1. The number of methoxy groups -OCH3 is 1. The van der Waals surface area contributed by atoms with Gasteiger partial charge in [-0.05, 0) is 43.0 Å². The maximum absolute atomic E-state index is 14.2. The summed E-state index contributed by atoms with van der Waals surface area (Å²) >= 11 is 0. The Balaban J connectivity index is 1.99. The third kappa shape index (κ3) is 7.38. The molecule has 0 spiro atoms. The zero-order valence-electron chi connectivity index (χ0n) is 15.9. The van der Waals surface area contributed by atoms with Crippen LogP contribution in [0.15, 0.2) is 48.5 Å². The van der Waals surface area contributed by atoms with Gasteiger partial charge in [-0.15, -0.1) is 0 Å². The Bertz CT molecular complexity index is 778. The third-order valence-corrected chi connectivity index (χ3v) is 4.08. The number of hydrogen-bond acceptors (Lipinski definition) is 4. The van der Waals surface area contributed by atoms with Gasteiger partial charge in [-0.25, -0.2) is 9.18 Å². The van der Waals surface area contributed by atoms with E-state index in [-0.39, 0.29) is 30.8 Å². The topological polar surface area (TPSA) is 44.8 Å². The third-order valence-electron chi connectivity index (χ3n) is 4.08. The number of esters is 1. The summed E-state index contributed by atoms with van der Waals surface area (Å²) in [5.41, 5.74) is 0.498. The zero-order valence-corrected chi connectivity index (χ0v) is 15.9. The molecule has 4 nitrogen and oxygen atoms in total. The van der Waals surface area contributed by atoms with Gasteiger partial charge in [-0.2, -0.15) is 13.2 Å². The number of carbonyl (C=O) groups excluding carboxylic acids is 1. The monoisotopic (exact) mass is 414 g/mol. The zero-order chi connectivity index (χ0) is 21.3. The van der Waals surface area contributed by atoms with E-state index in [9.17, 15) is 22.4 Å². The van der Waals surface area contributed by atoms with Gasteiger partial charge < -0.3 is 14.2 Å². The van der Waals surface area contributed by atoms with E-state index in [1.165, 1.54) is 19.2 Å². The molecule has 2 rings (SSSR count). The second-order valence-electron chi connectivity index (χ2n) is 6.34. The highest BCUT2D eigenvalue weighted by molar-refractivity contribution is 5.89. The van der Waals surface area contributed by atoms with Crippen molar-refractivity contribution in [2.75, 3.05) is 13.7 Å². The van der Waals surface area contributed by atoms with Crippen LogP contribution in [-0.2, 0) is 16.1 Å². The van der Waals surface area contributed by atoms with E-state index in [0.717, 1.165) is 11.6 Å². The summed E-state index contributed by atoms with van der Waals surface area (Å²) in [4.78, 5) is 12.1. The Hall–Kier alpha value is -2.61. The largest absolute Gasteiger partial charge is 0.486 e. The number of unbranched alkanes of at least 4 members (excludes halogenated alkanes) is 1. The van der Waals surface area contributed by atoms with Gasteiger partial charge in [0.15, 0.2) is 17.7 Å². The number of benzene rings is 2. The molecule has 0 saturated heterocycles. The maximum atomic E-state index is 14.2. The van der Waals surface area contributed by atoms with Crippen LogP contribution in [0, 0.1) is 5.82 Å². The summed E-state index contributed by atoms with van der Waals surface area (Å²) in [7, 11) is 1.45. The highest BCUT2D eigenvalue weighted by atomic mass is 19.4. The van der Waals surface area contributed by atoms with Crippen LogP contribution in [-0.4, -0.2) is 32.0 Å². The van der Waals surface area contributed by atoms with Crippen molar-refractivity contribution in [3.8, 4) is 5.75 Å². The van der Waals surface area contributed by atoms with Gasteiger partial charge in [-0.3, -0.25) is 0 Å². The van der Waals surface area contributed by atoms with Crippen LogP contribution >= 0.6 is 0 Å². The van der Waals surface area contributed by atoms with Gasteiger partial charge in [0, 0.05) is 13.7 Å². The second kappa shape index (κ2) is 10.8. The first kappa shape index (κ1) is 22.7. The molecule has 0 radical (unpaired) electrons.